The molecular weight excluding hydrogens is 410 g/mol. The molecule has 1 aromatic carbocycles. The Morgan fingerprint density at radius 2 is 1.97 bits per heavy atom. The second kappa shape index (κ2) is 9.00. The van der Waals surface area contributed by atoms with Gasteiger partial charge in [0.1, 0.15) is 18.1 Å². The number of benzene rings is 1. The first-order valence-corrected chi connectivity index (χ1v) is 9.99. The predicted octanol–water partition coefficient (Wildman–Crippen LogP) is 4.02. The lowest BCUT2D eigenvalue weighted by Crippen LogP contribution is -2.35. The number of nitrogens with zero attached hydrogens (tertiary/aromatic N) is 1. The number of carbonyl (C=O) groups is 4. The van der Waals surface area contributed by atoms with Gasteiger partial charge in [-0.05, 0) is 43.3 Å². The number of aromatic carboxylic acids is 1. The molecule has 0 bridgehead atoms. The number of amides is 2. The van der Waals surface area contributed by atoms with Crippen LogP contribution in [0.25, 0.3) is 17.4 Å². The van der Waals surface area contributed by atoms with Gasteiger partial charge < -0.3 is 14.3 Å². The summed E-state index contributed by atoms with van der Waals surface area (Å²) in [6.45, 7) is 3.12. The number of hydrogen-bond acceptors (Lipinski definition) is 7. The smallest absolute Gasteiger partial charge is 0.336 e. The van der Waals surface area contributed by atoms with Crippen LogP contribution in [0, 0.1) is 0 Å². The van der Waals surface area contributed by atoms with Crippen molar-refractivity contribution in [2.75, 3.05) is 6.54 Å². The molecule has 9 heteroatoms. The Hall–Kier alpha value is -3.33. The number of esters is 1. The van der Waals surface area contributed by atoms with Gasteiger partial charge in [0.2, 0.25) is 0 Å². The molecule has 1 aliphatic heterocycles. The molecule has 1 aliphatic rings. The van der Waals surface area contributed by atoms with Gasteiger partial charge in [-0.15, -0.1) is 0 Å². The second-order valence-corrected chi connectivity index (χ2v) is 7.52. The zero-order valence-electron chi connectivity index (χ0n) is 16.3. The first-order chi connectivity index (χ1) is 14.3. The second-order valence-electron chi connectivity index (χ2n) is 6.53. The molecule has 1 saturated heterocycles. The van der Waals surface area contributed by atoms with Crippen LogP contribution in [0.1, 0.15) is 36.4 Å². The summed E-state index contributed by atoms with van der Waals surface area (Å²) in [5.41, 5.74) is 0.476. The summed E-state index contributed by atoms with van der Waals surface area (Å²) < 4.78 is 10.8. The fraction of sp³-hybridized carbons (Fsp3) is 0.238. The molecule has 156 valence electrons. The molecule has 1 aromatic heterocycles. The van der Waals surface area contributed by atoms with Crippen LogP contribution < -0.4 is 0 Å². The molecule has 3 rings (SSSR count). The molecule has 2 amide bonds. The molecule has 2 aromatic rings. The van der Waals surface area contributed by atoms with E-state index in [4.69, 9.17) is 9.15 Å². The largest absolute Gasteiger partial charge is 0.478 e. The minimum Gasteiger partial charge on any atom is -0.478 e. The summed E-state index contributed by atoms with van der Waals surface area (Å²) in [6.07, 6.45) is 1.71. The van der Waals surface area contributed by atoms with Gasteiger partial charge in [0.15, 0.2) is 0 Å². The van der Waals surface area contributed by atoms with Crippen molar-refractivity contribution in [1.82, 2.24) is 4.90 Å². The van der Waals surface area contributed by atoms with E-state index in [2.05, 4.69) is 0 Å². The lowest BCUT2D eigenvalue weighted by Gasteiger charge is -2.14. The van der Waals surface area contributed by atoms with Crippen molar-refractivity contribution in [3.05, 3.63) is 52.6 Å². The molecule has 0 radical (unpaired) electrons. The number of hydrogen-bond donors (Lipinski definition) is 1. The molecular formula is C21H19NO7S. The summed E-state index contributed by atoms with van der Waals surface area (Å²) in [6, 6.07) is 9.53. The van der Waals surface area contributed by atoms with E-state index in [0.717, 1.165) is 4.90 Å². The Morgan fingerprint density at radius 1 is 1.23 bits per heavy atom. The number of carboxylic acids is 1. The highest BCUT2D eigenvalue weighted by molar-refractivity contribution is 8.18. The third-order valence-corrected chi connectivity index (χ3v) is 5.30. The van der Waals surface area contributed by atoms with Crippen LogP contribution in [-0.2, 0) is 14.3 Å². The van der Waals surface area contributed by atoms with Crippen molar-refractivity contribution < 1.29 is 33.4 Å². The molecule has 1 N–H and O–H groups in total. The van der Waals surface area contributed by atoms with E-state index in [1.165, 1.54) is 12.1 Å². The van der Waals surface area contributed by atoms with Gasteiger partial charge in [0, 0.05) is 11.6 Å². The van der Waals surface area contributed by atoms with Crippen LogP contribution in [-0.4, -0.2) is 45.7 Å². The molecule has 0 unspecified atom stereocenters. The third-order valence-electron chi connectivity index (χ3n) is 4.39. The fourth-order valence-corrected chi connectivity index (χ4v) is 3.52. The SMILES string of the molecule is CC[C@H](C)OC(=O)CN1C(=O)S/C(=C\c2ccc(-c3ccccc3C(=O)O)o2)C1=O. The Morgan fingerprint density at radius 3 is 2.67 bits per heavy atom. The Balaban J connectivity index is 1.77. The van der Waals surface area contributed by atoms with E-state index in [1.54, 1.807) is 37.3 Å². The van der Waals surface area contributed by atoms with E-state index in [1.807, 2.05) is 6.92 Å². The van der Waals surface area contributed by atoms with Gasteiger partial charge in [0.05, 0.1) is 16.6 Å². The lowest BCUT2D eigenvalue weighted by molar-refractivity contribution is -0.150. The number of rotatable bonds is 7. The normalized spacial score (nSPS) is 16.2. The molecule has 1 atom stereocenters. The number of furan rings is 1. The van der Waals surface area contributed by atoms with Crippen molar-refractivity contribution in [1.29, 1.82) is 0 Å². The van der Waals surface area contributed by atoms with Crippen LogP contribution in [0.3, 0.4) is 0 Å². The van der Waals surface area contributed by atoms with Gasteiger partial charge >= 0.3 is 11.9 Å². The van der Waals surface area contributed by atoms with E-state index >= 15 is 0 Å². The fourth-order valence-electron chi connectivity index (χ4n) is 2.70. The minimum absolute atomic E-state index is 0.0820. The number of carboxylic acid groups (broad SMARTS) is 1. The zero-order valence-corrected chi connectivity index (χ0v) is 17.1. The molecule has 0 saturated carbocycles. The van der Waals surface area contributed by atoms with Gasteiger partial charge in [-0.3, -0.25) is 19.3 Å². The number of carbonyl (C=O) groups excluding carboxylic acids is 3. The lowest BCUT2D eigenvalue weighted by atomic mass is 10.1. The minimum atomic E-state index is -1.09. The van der Waals surface area contributed by atoms with E-state index < -0.39 is 29.6 Å². The highest BCUT2D eigenvalue weighted by atomic mass is 32.2. The summed E-state index contributed by atoms with van der Waals surface area (Å²) in [7, 11) is 0. The number of thioether (sulfide) groups is 1. The average Bonchev–Trinajstić information content (AvgIpc) is 3.28. The van der Waals surface area contributed by atoms with E-state index in [9.17, 15) is 24.3 Å². The van der Waals surface area contributed by atoms with Gasteiger partial charge in [-0.2, -0.15) is 0 Å². The van der Waals surface area contributed by atoms with Crippen molar-refractivity contribution in [2.24, 2.45) is 0 Å². The van der Waals surface area contributed by atoms with E-state index in [-0.39, 0.29) is 22.3 Å². The molecule has 8 nitrogen and oxygen atoms in total. The molecule has 1 fully saturated rings. The van der Waals surface area contributed by atoms with Crippen molar-refractivity contribution in [3.8, 4) is 11.3 Å². The number of ether oxygens (including phenoxy) is 1. The van der Waals surface area contributed by atoms with Gasteiger partial charge in [0.25, 0.3) is 11.1 Å². The maximum atomic E-state index is 12.5. The first-order valence-electron chi connectivity index (χ1n) is 9.17. The van der Waals surface area contributed by atoms with E-state index in [0.29, 0.717) is 29.5 Å². The van der Waals surface area contributed by atoms with Crippen LogP contribution in [0.2, 0.25) is 0 Å². The summed E-state index contributed by atoms with van der Waals surface area (Å²) in [5, 5.41) is 8.74. The van der Waals surface area contributed by atoms with Crippen LogP contribution in [0.4, 0.5) is 4.79 Å². The van der Waals surface area contributed by atoms with Gasteiger partial charge in [-0.25, -0.2) is 4.79 Å². The Bertz CT molecular complexity index is 1040. The van der Waals surface area contributed by atoms with Crippen molar-refractivity contribution in [2.45, 2.75) is 26.4 Å². The molecule has 0 spiro atoms. The Kier molecular flexibility index (Phi) is 6.41. The first kappa shape index (κ1) is 21.4. The van der Waals surface area contributed by atoms with Crippen LogP contribution in [0.5, 0.6) is 0 Å². The standard InChI is InChI=1S/C21H19NO7S/c1-3-12(2)28-18(23)11-22-19(24)17(30-21(22)27)10-13-8-9-16(29-13)14-6-4-5-7-15(14)20(25)26/h4-10,12H,3,11H2,1-2H3,(H,25,26)/b17-10-/t12-/m0/s1. The predicted molar refractivity (Wildman–Crippen MR) is 110 cm³/mol. The van der Waals surface area contributed by atoms with Crippen molar-refractivity contribution >= 4 is 40.9 Å². The highest BCUT2D eigenvalue weighted by Gasteiger charge is 2.37. The number of imide groups is 1. The van der Waals surface area contributed by atoms with Crippen LogP contribution >= 0.6 is 11.8 Å². The quantitative estimate of drug-likeness (QED) is 0.518. The van der Waals surface area contributed by atoms with Crippen LogP contribution in [0.15, 0.2) is 45.7 Å². The molecule has 2 heterocycles. The summed E-state index contributed by atoms with van der Waals surface area (Å²) >= 11 is 0.693. The highest BCUT2D eigenvalue weighted by Crippen LogP contribution is 2.33. The Labute approximate surface area is 176 Å². The maximum Gasteiger partial charge on any atom is 0.336 e. The summed E-state index contributed by atoms with van der Waals surface area (Å²) in [4.78, 5) is 48.9. The summed E-state index contributed by atoms with van der Waals surface area (Å²) in [5.74, 6) is -1.77. The topological polar surface area (TPSA) is 114 Å². The molecule has 0 aliphatic carbocycles. The molecule has 30 heavy (non-hydrogen) atoms. The average molecular weight is 429 g/mol. The third kappa shape index (κ3) is 4.62. The zero-order chi connectivity index (χ0) is 21.8. The van der Waals surface area contributed by atoms with Crippen molar-refractivity contribution in [3.63, 3.8) is 0 Å². The monoisotopic (exact) mass is 429 g/mol. The van der Waals surface area contributed by atoms with Gasteiger partial charge in [-0.1, -0.05) is 25.1 Å². The maximum absolute atomic E-state index is 12.5.